The van der Waals surface area contributed by atoms with Gasteiger partial charge in [-0.1, -0.05) is 13.8 Å². The molecule has 0 bridgehead atoms. The van der Waals surface area contributed by atoms with E-state index in [9.17, 15) is 50.9 Å². The summed E-state index contributed by atoms with van der Waals surface area (Å²) >= 11 is 0. The minimum atomic E-state index is -5.13. The van der Waals surface area contributed by atoms with Gasteiger partial charge in [-0.05, 0) is 37.0 Å². The van der Waals surface area contributed by atoms with Crippen LogP contribution >= 0.6 is 0 Å². The predicted molar refractivity (Wildman–Crippen MR) is 98.8 cm³/mol. The first-order valence-corrected chi connectivity index (χ1v) is 9.31. The van der Waals surface area contributed by atoms with Crippen molar-refractivity contribution in [1.82, 2.24) is 10.6 Å². The number of carbonyl (C=O) groups excluding carboxylic acids is 1. The van der Waals surface area contributed by atoms with E-state index in [2.05, 4.69) is 10.6 Å². The molecule has 1 rings (SSSR count). The van der Waals surface area contributed by atoms with Gasteiger partial charge in [0.25, 0.3) is 5.91 Å². The summed E-state index contributed by atoms with van der Waals surface area (Å²) in [6, 6.07) is -2.25. The van der Waals surface area contributed by atoms with E-state index in [0.717, 1.165) is 0 Å². The van der Waals surface area contributed by atoms with Crippen molar-refractivity contribution in [1.29, 1.82) is 0 Å². The number of aliphatic carboxylic acids is 2. The van der Waals surface area contributed by atoms with Crippen molar-refractivity contribution in [2.45, 2.75) is 51.1 Å². The molecule has 0 radical (unpaired) electrons. The van der Waals surface area contributed by atoms with Gasteiger partial charge in [0.15, 0.2) is 0 Å². The minimum Gasteiger partial charge on any atom is -0.480 e. The highest BCUT2D eigenvalue weighted by atomic mass is 19.4. The molecule has 0 saturated carbocycles. The van der Waals surface area contributed by atoms with Gasteiger partial charge in [0.05, 0.1) is 11.1 Å². The van der Waals surface area contributed by atoms with E-state index >= 15 is 0 Å². The lowest BCUT2D eigenvalue weighted by atomic mass is 10.0. The Bertz CT molecular complexity index is 806. The number of carboxylic acids is 2. The Morgan fingerprint density at radius 2 is 1.34 bits per heavy atom. The Labute approximate surface area is 178 Å². The molecule has 13 heteroatoms. The number of carbonyl (C=O) groups is 3. The van der Waals surface area contributed by atoms with Crippen LogP contribution in [-0.4, -0.2) is 46.7 Å². The van der Waals surface area contributed by atoms with Crippen LogP contribution in [0.3, 0.4) is 0 Å². The summed E-state index contributed by atoms with van der Waals surface area (Å²) in [7, 11) is 0. The van der Waals surface area contributed by atoms with Crippen molar-refractivity contribution >= 4 is 17.8 Å². The van der Waals surface area contributed by atoms with Crippen LogP contribution in [-0.2, 0) is 21.9 Å². The van der Waals surface area contributed by atoms with Crippen molar-refractivity contribution in [2.24, 2.45) is 5.92 Å². The molecule has 0 spiro atoms. The zero-order valence-corrected chi connectivity index (χ0v) is 17.0. The lowest BCUT2D eigenvalue weighted by Crippen LogP contribution is -2.49. The Balaban J connectivity index is 2.94. The van der Waals surface area contributed by atoms with E-state index in [4.69, 9.17) is 0 Å². The number of hydrogen-bond acceptors (Lipinski definition) is 4. The fourth-order valence-electron chi connectivity index (χ4n) is 2.75. The van der Waals surface area contributed by atoms with Gasteiger partial charge in [0, 0.05) is 12.1 Å². The van der Waals surface area contributed by atoms with Crippen LogP contribution in [0.5, 0.6) is 0 Å². The molecule has 0 heterocycles. The van der Waals surface area contributed by atoms with Gasteiger partial charge < -0.3 is 15.5 Å². The van der Waals surface area contributed by atoms with Crippen LogP contribution in [0.1, 0.15) is 48.2 Å². The molecule has 0 fully saturated rings. The standard InChI is InChI=1S/C19H22F6N2O5/c1-9(2)5-14(17(31)32)27-13(16(29)30)3-4-26-15(28)10-6-11(18(20,21)22)8-12(7-10)19(23,24)25/h6-9,13-14,27H,3-5H2,1-2H3,(H,26,28)(H,29,30)(H,31,32)/t13?,14-/m0/s1. The summed E-state index contributed by atoms with van der Waals surface area (Å²) in [4.78, 5) is 34.8. The van der Waals surface area contributed by atoms with E-state index in [-0.39, 0.29) is 37.0 Å². The third-order valence-corrected chi connectivity index (χ3v) is 4.27. The fourth-order valence-corrected chi connectivity index (χ4v) is 2.75. The average Bonchev–Trinajstić information content (AvgIpc) is 2.63. The number of alkyl halides is 6. The highest BCUT2D eigenvalue weighted by molar-refractivity contribution is 5.94. The predicted octanol–water partition coefficient (Wildman–Crippen LogP) is 3.39. The molecule has 1 aromatic rings. The zero-order chi connectivity index (χ0) is 24.9. The number of carboxylic acid groups (broad SMARTS) is 2. The number of halogens is 6. The highest BCUT2D eigenvalue weighted by Crippen LogP contribution is 2.36. The van der Waals surface area contributed by atoms with E-state index in [0.29, 0.717) is 0 Å². The first kappa shape index (κ1) is 27.2. The first-order valence-electron chi connectivity index (χ1n) is 9.31. The molecule has 1 amide bonds. The van der Waals surface area contributed by atoms with Crippen molar-refractivity contribution < 1.29 is 50.9 Å². The summed E-state index contributed by atoms with van der Waals surface area (Å²) in [5, 5.41) is 22.9. The van der Waals surface area contributed by atoms with Gasteiger partial charge in [-0.25, -0.2) is 0 Å². The summed E-state index contributed by atoms with van der Waals surface area (Å²) in [6.07, 6.45) is -10.5. The van der Waals surface area contributed by atoms with Crippen LogP contribution < -0.4 is 10.6 Å². The van der Waals surface area contributed by atoms with E-state index in [1.807, 2.05) is 0 Å². The number of benzene rings is 1. The molecule has 0 aliphatic carbocycles. The normalized spacial score (nSPS) is 14.2. The van der Waals surface area contributed by atoms with Gasteiger partial charge in [-0.15, -0.1) is 0 Å². The van der Waals surface area contributed by atoms with E-state index < -0.39 is 65.5 Å². The summed E-state index contributed by atoms with van der Waals surface area (Å²) in [6.45, 7) is 2.99. The molecule has 1 unspecified atom stereocenters. The second-order valence-electron chi connectivity index (χ2n) is 7.42. The van der Waals surface area contributed by atoms with Gasteiger partial charge >= 0.3 is 24.3 Å². The Hall–Kier alpha value is -2.83. The molecule has 2 atom stereocenters. The summed E-state index contributed by atoms with van der Waals surface area (Å²) in [5.74, 6) is -4.09. The average molecular weight is 472 g/mol. The van der Waals surface area contributed by atoms with Crippen molar-refractivity contribution in [2.75, 3.05) is 6.54 Å². The molecule has 0 saturated heterocycles. The molecule has 0 aliphatic rings. The second kappa shape index (κ2) is 10.7. The Kier molecular flexibility index (Phi) is 9.06. The van der Waals surface area contributed by atoms with Crippen LogP contribution in [0.25, 0.3) is 0 Å². The Morgan fingerprint density at radius 3 is 1.72 bits per heavy atom. The molecule has 180 valence electrons. The maximum Gasteiger partial charge on any atom is 0.416 e. The summed E-state index contributed by atoms with van der Waals surface area (Å²) < 4.78 is 77.4. The second-order valence-corrected chi connectivity index (χ2v) is 7.42. The minimum absolute atomic E-state index is 0.0820. The topological polar surface area (TPSA) is 116 Å². The molecule has 4 N–H and O–H groups in total. The van der Waals surface area contributed by atoms with Crippen molar-refractivity contribution in [3.63, 3.8) is 0 Å². The zero-order valence-electron chi connectivity index (χ0n) is 17.0. The molecule has 0 aliphatic heterocycles. The number of amides is 1. The lowest BCUT2D eigenvalue weighted by molar-refractivity contribution is -0.144. The molecule has 7 nitrogen and oxygen atoms in total. The van der Waals surface area contributed by atoms with E-state index in [1.165, 1.54) is 0 Å². The fraction of sp³-hybridized carbons (Fsp3) is 0.526. The van der Waals surface area contributed by atoms with Crippen LogP contribution in [0.15, 0.2) is 18.2 Å². The lowest BCUT2D eigenvalue weighted by Gasteiger charge is -2.22. The maximum atomic E-state index is 12.9. The molecular formula is C19H22F6N2O5. The third-order valence-electron chi connectivity index (χ3n) is 4.27. The van der Waals surface area contributed by atoms with Crippen LogP contribution in [0.2, 0.25) is 0 Å². The maximum absolute atomic E-state index is 12.9. The third kappa shape index (κ3) is 8.36. The quantitative estimate of drug-likeness (QED) is 0.388. The molecular weight excluding hydrogens is 450 g/mol. The largest absolute Gasteiger partial charge is 0.480 e. The SMILES string of the molecule is CC(C)C[C@H](NC(CCNC(=O)c1cc(C(F)(F)F)cc(C(F)(F)F)c1)C(=O)O)C(=O)O. The van der Waals surface area contributed by atoms with Gasteiger partial charge in [-0.2, -0.15) is 26.3 Å². The number of nitrogens with one attached hydrogen (secondary N) is 2. The summed E-state index contributed by atoms with van der Waals surface area (Å²) in [5.41, 5.74) is -4.24. The monoisotopic (exact) mass is 472 g/mol. The van der Waals surface area contributed by atoms with Crippen molar-refractivity contribution in [3.8, 4) is 0 Å². The highest BCUT2D eigenvalue weighted by Gasteiger charge is 2.37. The molecule has 1 aromatic carbocycles. The van der Waals surface area contributed by atoms with Crippen molar-refractivity contribution in [3.05, 3.63) is 34.9 Å². The van der Waals surface area contributed by atoms with E-state index in [1.54, 1.807) is 13.8 Å². The Morgan fingerprint density at radius 1 is 0.875 bits per heavy atom. The number of hydrogen-bond donors (Lipinski definition) is 4. The van der Waals surface area contributed by atoms with Crippen LogP contribution in [0.4, 0.5) is 26.3 Å². The van der Waals surface area contributed by atoms with Crippen LogP contribution in [0, 0.1) is 5.92 Å². The van der Waals surface area contributed by atoms with Gasteiger partial charge in [-0.3, -0.25) is 19.7 Å². The first-order chi connectivity index (χ1) is 14.5. The molecule has 0 aromatic heterocycles. The smallest absolute Gasteiger partial charge is 0.416 e. The molecule has 32 heavy (non-hydrogen) atoms. The van der Waals surface area contributed by atoms with Gasteiger partial charge in [0.2, 0.25) is 0 Å². The number of rotatable bonds is 10. The van der Waals surface area contributed by atoms with Gasteiger partial charge in [0.1, 0.15) is 12.1 Å².